The van der Waals surface area contributed by atoms with Crippen molar-refractivity contribution in [3.63, 3.8) is 0 Å². The summed E-state index contributed by atoms with van der Waals surface area (Å²) in [4.78, 5) is 4.13. The third-order valence-corrected chi connectivity index (χ3v) is 6.08. The number of halogens is 1. The first kappa shape index (κ1) is 13.3. The van der Waals surface area contributed by atoms with Crippen LogP contribution in [0, 0.1) is 2.88 Å². The number of thiophene rings is 1. The number of nitrogens with zero attached hydrogens (tertiary/aromatic N) is 1. The molecule has 0 bridgehead atoms. The van der Waals surface area contributed by atoms with Gasteiger partial charge in [-0.2, -0.15) is 0 Å². The van der Waals surface area contributed by atoms with Crippen LogP contribution in [0.5, 0.6) is 0 Å². The molecule has 0 saturated heterocycles. The monoisotopic (exact) mass is 376 g/mol. The standard InChI is InChI=1S/C14H21IN2S/c1-17(10-5-6-10)8-7-16-12-3-2-4-13-11(12)9-14(15)18-13/h9-10,12,16H,2-8H2,1H3. The number of aryl methyl sites for hydroxylation is 1. The molecule has 2 aliphatic rings. The Labute approximate surface area is 127 Å². The molecular formula is C14H21IN2S. The molecule has 1 heterocycles. The van der Waals surface area contributed by atoms with E-state index in [9.17, 15) is 0 Å². The van der Waals surface area contributed by atoms with Crippen LogP contribution in [0.4, 0.5) is 0 Å². The van der Waals surface area contributed by atoms with E-state index in [0.29, 0.717) is 6.04 Å². The average Bonchev–Trinajstić information content (AvgIpc) is 3.11. The van der Waals surface area contributed by atoms with Crippen LogP contribution in [0.1, 0.15) is 42.2 Å². The maximum Gasteiger partial charge on any atom is 0.0659 e. The Morgan fingerprint density at radius 3 is 3.06 bits per heavy atom. The van der Waals surface area contributed by atoms with Crippen LogP contribution in [0.15, 0.2) is 6.07 Å². The molecule has 1 atom stereocenters. The molecular weight excluding hydrogens is 355 g/mol. The predicted molar refractivity (Wildman–Crippen MR) is 86.4 cm³/mol. The van der Waals surface area contributed by atoms with Gasteiger partial charge in [-0.3, -0.25) is 0 Å². The van der Waals surface area contributed by atoms with Gasteiger partial charge >= 0.3 is 0 Å². The first-order valence-corrected chi connectivity index (χ1v) is 8.85. The molecule has 4 heteroatoms. The topological polar surface area (TPSA) is 15.3 Å². The van der Waals surface area contributed by atoms with E-state index in [1.807, 2.05) is 11.3 Å². The Balaban J connectivity index is 1.53. The largest absolute Gasteiger partial charge is 0.309 e. The van der Waals surface area contributed by atoms with Crippen molar-refractivity contribution in [1.82, 2.24) is 10.2 Å². The van der Waals surface area contributed by atoms with E-state index in [2.05, 4.69) is 45.9 Å². The second-order valence-electron chi connectivity index (χ2n) is 5.54. The molecule has 3 rings (SSSR count). The molecule has 1 fully saturated rings. The fourth-order valence-electron chi connectivity index (χ4n) is 2.85. The maximum absolute atomic E-state index is 3.77. The summed E-state index contributed by atoms with van der Waals surface area (Å²) in [7, 11) is 2.26. The molecule has 1 N–H and O–H groups in total. The smallest absolute Gasteiger partial charge is 0.0659 e. The van der Waals surface area contributed by atoms with Crippen molar-refractivity contribution in [2.45, 2.75) is 44.2 Å². The van der Waals surface area contributed by atoms with Gasteiger partial charge in [0, 0.05) is 30.1 Å². The van der Waals surface area contributed by atoms with Crippen LogP contribution in [-0.4, -0.2) is 31.1 Å². The quantitative estimate of drug-likeness (QED) is 0.793. The summed E-state index contributed by atoms with van der Waals surface area (Å²) in [5.74, 6) is 0. The van der Waals surface area contributed by atoms with Gasteiger partial charge in [-0.1, -0.05) is 0 Å². The second kappa shape index (κ2) is 5.77. The normalized spacial score (nSPS) is 23.4. The van der Waals surface area contributed by atoms with Crippen LogP contribution in [0.25, 0.3) is 0 Å². The molecule has 1 aromatic rings. The first-order valence-electron chi connectivity index (χ1n) is 6.96. The average molecular weight is 376 g/mol. The summed E-state index contributed by atoms with van der Waals surface area (Å²) in [6, 6.07) is 3.89. The van der Waals surface area contributed by atoms with E-state index < -0.39 is 0 Å². The van der Waals surface area contributed by atoms with Gasteiger partial charge in [-0.25, -0.2) is 0 Å². The Kier molecular flexibility index (Phi) is 4.28. The minimum atomic E-state index is 0.612. The molecule has 0 spiro atoms. The van der Waals surface area contributed by atoms with Gasteiger partial charge in [0.05, 0.1) is 2.88 Å². The number of fused-ring (bicyclic) bond motifs is 1. The first-order chi connectivity index (χ1) is 8.74. The summed E-state index contributed by atoms with van der Waals surface area (Å²) in [6.07, 6.45) is 6.77. The van der Waals surface area contributed by atoms with E-state index in [1.165, 1.54) is 41.5 Å². The lowest BCUT2D eigenvalue weighted by atomic mass is 9.94. The second-order valence-corrected chi connectivity index (χ2v) is 8.57. The zero-order chi connectivity index (χ0) is 12.5. The Bertz CT molecular complexity index is 414. The van der Waals surface area contributed by atoms with Crippen molar-refractivity contribution < 1.29 is 0 Å². The van der Waals surface area contributed by atoms with Gasteiger partial charge in [-0.15, -0.1) is 11.3 Å². The van der Waals surface area contributed by atoms with Gasteiger partial charge in [-0.05, 0) is 73.4 Å². The molecule has 0 radical (unpaired) electrons. The van der Waals surface area contributed by atoms with Crippen LogP contribution in [0.2, 0.25) is 0 Å². The predicted octanol–water partition coefficient (Wildman–Crippen LogP) is 3.41. The van der Waals surface area contributed by atoms with Gasteiger partial charge in [0.1, 0.15) is 0 Å². The number of rotatable bonds is 5. The molecule has 0 aromatic carbocycles. The Hall–Kier alpha value is 0.350. The van der Waals surface area contributed by atoms with Crippen molar-refractivity contribution in [3.8, 4) is 0 Å². The third-order valence-electron chi connectivity index (χ3n) is 4.11. The molecule has 18 heavy (non-hydrogen) atoms. The minimum absolute atomic E-state index is 0.612. The molecule has 1 saturated carbocycles. The molecule has 1 aromatic heterocycles. The van der Waals surface area contributed by atoms with E-state index in [0.717, 1.165) is 12.6 Å². The molecule has 0 amide bonds. The van der Waals surface area contributed by atoms with Gasteiger partial charge in [0.2, 0.25) is 0 Å². The van der Waals surface area contributed by atoms with Crippen LogP contribution >= 0.6 is 33.9 Å². The highest BCUT2D eigenvalue weighted by atomic mass is 127. The fraction of sp³-hybridized carbons (Fsp3) is 0.714. The highest BCUT2D eigenvalue weighted by Crippen LogP contribution is 2.36. The summed E-state index contributed by atoms with van der Waals surface area (Å²) in [6.45, 7) is 2.32. The van der Waals surface area contributed by atoms with Crippen LogP contribution in [0.3, 0.4) is 0 Å². The zero-order valence-electron chi connectivity index (χ0n) is 10.9. The summed E-state index contributed by atoms with van der Waals surface area (Å²) < 4.78 is 1.45. The molecule has 0 aliphatic heterocycles. The van der Waals surface area contributed by atoms with Crippen molar-refractivity contribution in [3.05, 3.63) is 19.4 Å². The summed E-state index contributed by atoms with van der Waals surface area (Å²) in [5, 5.41) is 3.77. The van der Waals surface area contributed by atoms with E-state index in [-0.39, 0.29) is 0 Å². The van der Waals surface area contributed by atoms with Crippen molar-refractivity contribution in [2.24, 2.45) is 0 Å². The fourth-order valence-corrected chi connectivity index (χ4v) is 4.97. The van der Waals surface area contributed by atoms with Crippen molar-refractivity contribution in [1.29, 1.82) is 0 Å². The number of nitrogens with one attached hydrogen (secondary N) is 1. The Morgan fingerprint density at radius 2 is 2.28 bits per heavy atom. The summed E-state index contributed by atoms with van der Waals surface area (Å²) >= 11 is 4.44. The summed E-state index contributed by atoms with van der Waals surface area (Å²) in [5.41, 5.74) is 1.59. The van der Waals surface area contributed by atoms with E-state index in [4.69, 9.17) is 0 Å². The number of likely N-dealkylation sites (N-methyl/N-ethyl adjacent to an activating group) is 1. The molecule has 1 unspecified atom stereocenters. The Morgan fingerprint density at radius 1 is 1.44 bits per heavy atom. The van der Waals surface area contributed by atoms with Gasteiger partial charge in [0.15, 0.2) is 0 Å². The lowest BCUT2D eigenvalue weighted by molar-refractivity contribution is 0.310. The van der Waals surface area contributed by atoms with E-state index in [1.54, 1.807) is 10.4 Å². The lowest BCUT2D eigenvalue weighted by Gasteiger charge is -2.25. The zero-order valence-corrected chi connectivity index (χ0v) is 13.9. The minimum Gasteiger partial charge on any atom is -0.309 e. The van der Waals surface area contributed by atoms with Crippen molar-refractivity contribution >= 4 is 33.9 Å². The number of hydrogen-bond donors (Lipinski definition) is 1. The SMILES string of the molecule is CN(CCNC1CCCc2sc(I)cc21)C1CC1. The maximum atomic E-state index is 3.77. The van der Waals surface area contributed by atoms with Crippen molar-refractivity contribution in [2.75, 3.05) is 20.1 Å². The van der Waals surface area contributed by atoms with Gasteiger partial charge < -0.3 is 10.2 Å². The van der Waals surface area contributed by atoms with E-state index >= 15 is 0 Å². The lowest BCUT2D eigenvalue weighted by Crippen LogP contribution is -2.33. The van der Waals surface area contributed by atoms with Gasteiger partial charge in [0.25, 0.3) is 0 Å². The van der Waals surface area contributed by atoms with Crippen LogP contribution in [-0.2, 0) is 6.42 Å². The third kappa shape index (κ3) is 3.08. The number of hydrogen-bond acceptors (Lipinski definition) is 3. The highest BCUT2D eigenvalue weighted by molar-refractivity contribution is 14.1. The van der Waals surface area contributed by atoms with Crippen LogP contribution < -0.4 is 5.32 Å². The molecule has 2 aliphatic carbocycles. The highest BCUT2D eigenvalue weighted by Gasteiger charge is 2.26. The molecule has 100 valence electrons. The molecule has 2 nitrogen and oxygen atoms in total.